The number of carbonyl (C=O) groups excluding carboxylic acids is 1. The molecular weight excluding hydrogens is 284 g/mol. The first-order chi connectivity index (χ1) is 9.67. The van der Waals surface area contributed by atoms with Crippen LogP contribution in [0.1, 0.15) is 73.8 Å². The normalized spacial score (nSPS) is 26.7. The largest absolute Gasteiger partial charge is 0.465 e. The number of esters is 1. The Kier molecular flexibility index (Phi) is 4.45. The molecule has 0 spiro atoms. The molecule has 0 radical (unpaired) electrons. The van der Waals surface area contributed by atoms with Crippen LogP contribution in [0.3, 0.4) is 0 Å². The second kappa shape index (κ2) is 5.69. The van der Waals surface area contributed by atoms with Crippen molar-refractivity contribution in [3.05, 3.63) is 15.6 Å². The molecule has 1 fully saturated rings. The van der Waals surface area contributed by atoms with Crippen molar-refractivity contribution < 1.29 is 9.53 Å². The maximum Gasteiger partial charge on any atom is 0.350 e. The van der Waals surface area contributed by atoms with E-state index in [1.165, 1.54) is 24.9 Å². The van der Waals surface area contributed by atoms with Gasteiger partial charge in [-0.2, -0.15) is 0 Å². The molecule has 1 aliphatic carbocycles. The standard InChI is InChI=1S/C16H26N2O2S/c1-10-7-6-8-16(17,9-10)14-18-12(15(2,3)4)11(21-14)13(19)20-5/h10H,6-9,17H2,1-5H3. The van der Waals surface area contributed by atoms with Gasteiger partial charge in [0.15, 0.2) is 0 Å². The smallest absolute Gasteiger partial charge is 0.350 e. The van der Waals surface area contributed by atoms with Crippen molar-refractivity contribution in [1.29, 1.82) is 0 Å². The highest BCUT2D eigenvalue weighted by Gasteiger charge is 2.38. The molecule has 0 bridgehead atoms. The second-order valence-electron chi connectivity index (χ2n) is 7.30. The third-order valence-corrected chi connectivity index (χ3v) is 5.42. The lowest BCUT2D eigenvalue weighted by molar-refractivity contribution is 0.0603. The molecule has 2 unspecified atom stereocenters. The van der Waals surface area contributed by atoms with Gasteiger partial charge in [0.25, 0.3) is 0 Å². The van der Waals surface area contributed by atoms with Gasteiger partial charge in [-0.15, -0.1) is 11.3 Å². The summed E-state index contributed by atoms with van der Waals surface area (Å²) >= 11 is 1.42. The monoisotopic (exact) mass is 310 g/mol. The van der Waals surface area contributed by atoms with Crippen molar-refractivity contribution in [3.8, 4) is 0 Å². The van der Waals surface area contributed by atoms with Crippen LogP contribution in [-0.2, 0) is 15.7 Å². The third-order valence-electron chi connectivity index (χ3n) is 4.17. The lowest BCUT2D eigenvalue weighted by Crippen LogP contribution is -2.41. The Morgan fingerprint density at radius 3 is 2.67 bits per heavy atom. The van der Waals surface area contributed by atoms with Gasteiger partial charge in [0.1, 0.15) is 9.88 Å². The summed E-state index contributed by atoms with van der Waals surface area (Å²) in [6, 6.07) is 0. The van der Waals surface area contributed by atoms with Crippen LogP contribution in [0.2, 0.25) is 0 Å². The van der Waals surface area contributed by atoms with E-state index in [4.69, 9.17) is 15.5 Å². The molecule has 1 saturated carbocycles. The van der Waals surface area contributed by atoms with Gasteiger partial charge >= 0.3 is 5.97 Å². The van der Waals surface area contributed by atoms with E-state index in [0.717, 1.165) is 30.0 Å². The zero-order valence-corrected chi connectivity index (χ0v) is 14.5. The van der Waals surface area contributed by atoms with Crippen LogP contribution in [0, 0.1) is 5.92 Å². The number of carbonyl (C=O) groups is 1. The van der Waals surface area contributed by atoms with Crippen molar-refractivity contribution in [3.63, 3.8) is 0 Å². The zero-order valence-electron chi connectivity index (χ0n) is 13.7. The third kappa shape index (κ3) is 3.29. The molecule has 2 atom stereocenters. The quantitative estimate of drug-likeness (QED) is 0.848. The van der Waals surface area contributed by atoms with Gasteiger partial charge in [0.05, 0.1) is 18.3 Å². The number of rotatable bonds is 2. The van der Waals surface area contributed by atoms with E-state index in [2.05, 4.69) is 27.7 Å². The van der Waals surface area contributed by atoms with E-state index in [1.807, 2.05) is 0 Å². The van der Waals surface area contributed by atoms with E-state index in [1.54, 1.807) is 0 Å². The summed E-state index contributed by atoms with van der Waals surface area (Å²) < 4.78 is 4.92. The lowest BCUT2D eigenvalue weighted by Gasteiger charge is -2.35. The van der Waals surface area contributed by atoms with Gasteiger partial charge in [-0.1, -0.05) is 40.5 Å². The molecule has 4 nitrogen and oxygen atoms in total. The van der Waals surface area contributed by atoms with Crippen molar-refractivity contribution >= 4 is 17.3 Å². The summed E-state index contributed by atoms with van der Waals surface area (Å²) in [4.78, 5) is 17.4. The van der Waals surface area contributed by atoms with Gasteiger partial charge in [0, 0.05) is 5.41 Å². The fraction of sp³-hybridized carbons (Fsp3) is 0.750. The maximum atomic E-state index is 12.1. The number of thiazole rings is 1. The Balaban J connectivity index is 2.46. The number of nitrogens with zero attached hydrogens (tertiary/aromatic N) is 1. The minimum absolute atomic E-state index is 0.199. The molecule has 0 amide bonds. The Labute approximate surface area is 131 Å². The first-order valence-corrected chi connectivity index (χ1v) is 8.38. The Hall–Kier alpha value is -0.940. The summed E-state index contributed by atoms with van der Waals surface area (Å²) in [5.41, 5.74) is 6.84. The van der Waals surface area contributed by atoms with E-state index in [0.29, 0.717) is 10.8 Å². The number of nitrogens with two attached hydrogens (primary N) is 1. The fourth-order valence-corrected chi connectivity index (χ4v) is 4.39. The van der Waals surface area contributed by atoms with Crippen LogP contribution in [0.4, 0.5) is 0 Å². The number of ether oxygens (including phenoxy) is 1. The van der Waals surface area contributed by atoms with E-state index in [9.17, 15) is 4.79 Å². The van der Waals surface area contributed by atoms with Crippen LogP contribution >= 0.6 is 11.3 Å². The number of hydrogen-bond donors (Lipinski definition) is 1. The van der Waals surface area contributed by atoms with Gasteiger partial charge < -0.3 is 10.5 Å². The molecule has 2 N–H and O–H groups in total. The average Bonchev–Trinajstić information content (AvgIpc) is 2.83. The summed E-state index contributed by atoms with van der Waals surface area (Å²) in [5.74, 6) is 0.295. The van der Waals surface area contributed by atoms with E-state index < -0.39 is 5.54 Å². The highest BCUT2D eigenvalue weighted by molar-refractivity contribution is 7.13. The fourth-order valence-electron chi connectivity index (χ4n) is 3.06. The van der Waals surface area contributed by atoms with Crippen LogP contribution in [0.25, 0.3) is 0 Å². The molecule has 1 aromatic heterocycles. The van der Waals surface area contributed by atoms with Gasteiger partial charge in [-0.3, -0.25) is 0 Å². The molecule has 21 heavy (non-hydrogen) atoms. The summed E-state index contributed by atoms with van der Waals surface area (Å²) in [7, 11) is 1.41. The molecule has 1 aromatic rings. The summed E-state index contributed by atoms with van der Waals surface area (Å²) in [6.45, 7) is 8.42. The molecule has 0 aliphatic heterocycles. The van der Waals surface area contributed by atoms with Crippen molar-refractivity contribution in [2.45, 2.75) is 64.3 Å². The Morgan fingerprint density at radius 2 is 2.14 bits per heavy atom. The highest BCUT2D eigenvalue weighted by Crippen LogP contribution is 2.42. The van der Waals surface area contributed by atoms with Gasteiger partial charge in [-0.05, 0) is 18.8 Å². The van der Waals surface area contributed by atoms with Crippen LogP contribution < -0.4 is 5.73 Å². The van der Waals surface area contributed by atoms with E-state index >= 15 is 0 Å². The van der Waals surface area contributed by atoms with Crippen LogP contribution in [0.15, 0.2) is 0 Å². The topological polar surface area (TPSA) is 65.2 Å². The average molecular weight is 310 g/mol. The second-order valence-corrected chi connectivity index (χ2v) is 8.30. The number of aromatic nitrogens is 1. The minimum Gasteiger partial charge on any atom is -0.465 e. The molecule has 0 aromatic carbocycles. The number of hydrogen-bond acceptors (Lipinski definition) is 5. The highest BCUT2D eigenvalue weighted by atomic mass is 32.1. The Morgan fingerprint density at radius 1 is 1.48 bits per heavy atom. The Bertz CT molecular complexity index is 533. The predicted octanol–water partition coefficient (Wildman–Crippen LogP) is 3.59. The maximum absolute atomic E-state index is 12.1. The summed E-state index contributed by atoms with van der Waals surface area (Å²) in [5, 5.41) is 0.888. The first kappa shape index (κ1) is 16.4. The van der Waals surface area contributed by atoms with Crippen molar-refractivity contribution in [1.82, 2.24) is 4.98 Å². The van der Waals surface area contributed by atoms with Gasteiger partial charge in [-0.25, -0.2) is 9.78 Å². The van der Waals surface area contributed by atoms with Crippen LogP contribution in [-0.4, -0.2) is 18.1 Å². The molecule has 1 heterocycles. The van der Waals surface area contributed by atoms with Crippen molar-refractivity contribution in [2.75, 3.05) is 7.11 Å². The molecule has 0 saturated heterocycles. The molecule has 2 rings (SSSR count). The van der Waals surface area contributed by atoms with Crippen LogP contribution in [0.5, 0.6) is 0 Å². The number of methoxy groups -OCH3 is 1. The molecule has 118 valence electrons. The SMILES string of the molecule is COC(=O)c1sc(C2(N)CCCC(C)C2)nc1C(C)(C)C. The van der Waals surface area contributed by atoms with Crippen molar-refractivity contribution in [2.24, 2.45) is 11.7 Å². The first-order valence-electron chi connectivity index (χ1n) is 7.56. The predicted molar refractivity (Wildman–Crippen MR) is 85.7 cm³/mol. The van der Waals surface area contributed by atoms with Gasteiger partial charge in [0.2, 0.25) is 0 Å². The molecular formula is C16H26N2O2S. The molecule has 5 heteroatoms. The minimum atomic E-state index is -0.394. The van der Waals surface area contributed by atoms with E-state index in [-0.39, 0.29) is 11.4 Å². The molecule has 1 aliphatic rings. The zero-order chi connectivity index (χ0) is 15.8. The lowest BCUT2D eigenvalue weighted by atomic mass is 9.77. The summed E-state index contributed by atoms with van der Waals surface area (Å²) in [6.07, 6.45) is 4.22.